The molecule has 0 fully saturated rings. The SMILES string of the molecule is c1cc(NC2=NCCS2)cc(NC2=NCCS2)c1. The summed E-state index contributed by atoms with van der Waals surface area (Å²) >= 11 is 3.53. The summed E-state index contributed by atoms with van der Waals surface area (Å²) in [5.74, 6) is 2.15. The molecule has 2 aliphatic rings. The van der Waals surface area contributed by atoms with Gasteiger partial charge in [0.05, 0.1) is 13.1 Å². The minimum absolute atomic E-state index is 0.915. The summed E-state index contributed by atoms with van der Waals surface area (Å²) in [6.45, 7) is 1.83. The van der Waals surface area contributed by atoms with E-state index in [9.17, 15) is 0 Å². The topological polar surface area (TPSA) is 48.8 Å². The van der Waals surface area contributed by atoms with Crippen LogP contribution in [0.3, 0.4) is 0 Å². The lowest BCUT2D eigenvalue weighted by Gasteiger charge is -2.09. The quantitative estimate of drug-likeness (QED) is 0.873. The van der Waals surface area contributed by atoms with Gasteiger partial charge < -0.3 is 10.6 Å². The first-order valence-electron chi connectivity index (χ1n) is 5.89. The summed E-state index contributed by atoms with van der Waals surface area (Å²) < 4.78 is 0. The molecule has 1 aromatic rings. The van der Waals surface area contributed by atoms with Crippen LogP contribution in [0.1, 0.15) is 0 Å². The number of nitrogens with zero attached hydrogens (tertiary/aromatic N) is 2. The maximum Gasteiger partial charge on any atom is 0.161 e. The van der Waals surface area contributed by atoms with E-state index in [0.717, 1.165) is 46.3 Å². The van der Waals surface area contributed by atoms with E-state index in [1.165, 1.54) is 0 Å². The van der Waals surface area contributed by atoms with Gasteiger partial charge >= 0.3 is 0 Å². The molecule has 1 aromatic carbocycles. The molecule has 0 saturated carbocycles. The predicted octanol–water partition coefficient (Wildman–Crippen LogP) is 2.72. The van der Waals surface area contributed by atoms with Crippen LogP contribution in [0.4, 0.5) is 11.4 Å². The van der Waals surface area contributed by atoms with Gasteiger partial charge in [-0.1, -0.05) is 29.6 Å². The second-order valence-electron chi connectivity index (χ2n) is 3.90. The second kappa shape index (κ2) is 5.67. The first-order chi connectivity index (χ1) is 8.90. The molecule has 0 aliphatic carbocycles. The number of hydrogen-bond donors (Lipinski definition) is 2. The highest BCUT2D eigenvalue weighted by Gasteiger charge is 2.09. The third kappa shape index (κ3) is 3.00. The fourth-order valence-corrected chi connectivity index (χ4v) is 3.24. The molecule has 0 aromatic heterocycles. The van der Waals surface area contributed by atoms with Gasteiger partial charge in [0, 0.05) is 22.9 Å². The molecule has 0 saturated heterocycles. The Hall–Kier alpha value is -1.14. The van der Waals surface area contributed by atoms with Crippen molar-refractivity contribution in [3.63, 3.8) is 0 Å². The molecule has 94 valence electrons. The van der Waals surface area contributed by atoms with Crippen molar-refractivity contribution in [2.75, 3.05) is 35.2 Å². The van der Waals surface area contributed by atoms with E-state index in [2.05, 4.69) is 38.8 Å². The third-order valence-corrected chi connectivity index (χ3v) is 4.32. The molecule has 0 radical (unpaired) electrons. The molecule has 6 heteroatoms. The fraction of sp³-hybridized carbons (Fsp3) is 0.333. The Morgan fingerprint density at radius 1 is 0.889 bits per heavy atom. The van der Waals surface area contributed by atoms with E-state index in [-0.39, 0.29) is 0 Å². The van der Waals surface area contributed by atoms with E-state index in [4.69, 9.17) is 0 Å². The zero-order valence-corrected chi connectivity index (χ0v) is 11.5. The predicted molar refractivity (Wildman–Crippen MR) is 83.2 cm³/mol. The van der Waals surface area contributed by atoms with Crippen LogP contribution < -0.4 is 10.6 Å². The van der Waals surface area contributed by atoms with Gasteiger partial charge in [0.15, 0.2) is 10.3 Å². The van der Waals surface area contributed by atoms with E-state index < -0.39 is 0 Å². The molecule has 0 atom stereocenters. The highest BCUT2D eigenvalue weighted by Crippen LogP contribution is 2.21. The number of thioether (sulfide) groups is 2. The average molecular weight is 278 g/mol. The molecule has 2 aliphatic heterocycles. The Kier molecular flexibility index (Phi) is 3.75. The zero-order valence-electron chi connectivity index (χ0n) is 9.85. The van der Waals surface area contributed by atoms with Crippen molar-refractivity contribution in [1.29, 1.82) is 0 Å². The lowest BCUT2D eigenvalue weighted by Crippen LogP contribution is -2.07. The molecule has 0 bridgehead atoms. The van der Waals surface area contributed by atoms with Gasteiger partial charge in [-0.3, -0.25) is 9.98 Å². The van der Waals surface area contributed by atoms with Crippen molar-refractivity contribution in [3.8, 4) is 0 Å². The van der Waals surface area contributed by atoms with Crippen LogP contribution in [0.5, 0.6) is 0 Å². The third-order valence-electron chi connectivity index (χ3n) is 2.54. The number of amidine groups is 2. The summed E-state index contributed by atoms with van der Waals surface area (Å²) in [6.07, 6.45) is 0. The van der Waals surface area contributed by atoms with Crippen molar-refractivity contribution in [3.05, 3.63) is 24.3 Å². The Bertz CT molecular complexity index is 457. The molecule has 0 amide bonds. The summed E-state index contributed by atoms with van der Waals surface area (Å²) in [5, 5.41) is 8.69. The second-order valence-corrected chi connectivity index (χ2v) is 6.07. The van der Waals surface area contributed by atoms with Gasteiger partial charge in [0.25, 0.3) is 0 Å². The first kappa shape index (κ1) is 11.9. The Morgan fingerprint density at radius 2 is 1.44 bits per heavy atom. The van der Waals surface area contributed by atoms with Crippen molar-refractivity contribution in [2.45, 2.75) is 0 Å². The molecule has 4 nitrogen and oxygen atoms in total. The van der Waals surface area contributed by atoms with Crippen molar-refractivity contribution in [1.82, 2.24) is 0 Å². The number of hydrogen-bond acceptors (Lipinski definition) is 6. The maximum absolute atomic E-state index is 4.38. The molecule has 0 spiro atoms. The van der Waals surface area contributed by atoms with Crippen LogP contribution in [0.15, 0.2) is 34.3 Å². The smallest absolute Gasteiger partial charge is 0.161 e. The first-order valence-corrected chi connectivity index (χ1v) is 7.86. The summed E-state index contributed by atoms with van der Waals surface area (Å²) in [5.41, 5.74) is 2.13. The number of aliphatic imine (C=N–C) groups is 2. The number of benzene rings is 1. The van der Waals surface area contributed by atoms with Crippen LogP contribution in [-0.2, 0) is 0 Å². The van der Waals surface area contributed by atoms with Gasteiger partial charge in [-0.25, -0.2) is 0 Å². The monoisotopic (exact) mass is 278 g/mol. The van der Waals surface area contributed by atoms with Crippen LogP contribution >= 0.6 is 23.5 Å². The number of anilines is 2. The van der Waals surface area contributed by atoms with Gasteiger partial charge in [-0.2, -0.15) is 0 Å². The molecule has 3 rings (SSSR count). The van der Waals surface area contributed by atoms with Crippen molar-refractivity contribution < 1.29 is 0 Å². The standard InChI is InChI=1S/C12H14N4S2/c1-2-9(15-11-13-4-6-17-11)8-10(3-1)16-12-14-5-7-18-12/h1-3,8H,4-7H2,(H,13,15)(H,14,16). The highest BCUT2D eigenvalue weighted by atomic mass is 32.2. The largest absolute Gasteiger partial charge is 0.335 e. The minimum atomic E-state index is 0.915. The number of nitrogens with one attached hydrogen (secondary N) is 2. The van der Waals surface area contributed by atoms with Crippen LogP contribution in [-0.4, -0.2) is 34.9 Å². The lowest BCUT2D eigenvalue weighted by molar-refractivity contribution is 1.17. The van der Waals surface area contributed by atoms with E-state index in [0.29, 0.717) is 0 Å². The molecule has 2 heterocycles. The van der Waals surface area contributed by atoms with E-state index >= 15 is 0 Å². The average Bonchev–Trinajstić information content (AvgIpc) is 3.03. The number of rotatable bonds is 2. The molecular weight excluding hydrogens is 264 g/mol. The van der Waals surface area contributed by atoms with E-state index in [1.807, 2.05) is 6.07 Å². The van der Waals surface area contributed by atoms with Crippen LogP contribution in [0.2, 0.25) is 0 Å². The van der Waals surface area contributed by atoms with Gasteiger partial charge in [0.1, 0.15) is 0 Å². The minimum Gasteiger partial charge on any atom is -0.335 e. The Morgan fingerprint density at radius 3 is 1.89 bits per heavy atom. The molecular formula is C12H14N4S2. The molecule has 18 heavy (non-hydrogen) atoms. The fourth-order valence-electron chi connectivity index (χ4n) is 1.74. The van der Waals surface area contributed by atoms with Crippen molar-refractivity contribution in [2.24, 2.45) is 9.98 Å². The zero-order chi connectivity index (χ0) is 12.2. The Balaban J connectivity index is 1.68. The van der Waals surface area contributed by atoms with E-state index in [1.54, 1.807) is 23.5 Å². The van der Waals surface area contributed by atoms with Crippen LogP contribution in [0, 0.1) is 0 Å². The molecule has 0 unspecified atom stereocenters. The summed E-state index contributed by atoms with van der Waals surface area (Å²) in [7, 11) is 0. The lowest BCUT2D eigenvalue weighted by atomic mass is 10.3. The van der Waals surface area contributed by atoms with Gasteiger partial charge in [-0.15, -0.1) is 0 Å². The summed E-state index contributed by atoms with van der Waals surface area (Å²) in [4.78, 5) is 8.77. The summed E-state index contributed by atoms with van der Waals surface area (Å²) in [6, 6.07) is 8.22. The Labute approximate surface area is 115 Å². The van der Waals surface area contributed by atoms with Gasteiger partial charge in [-0.05, 0) is 18.2 Å². The van der Waals surface area contributed by atoms with Gasteiger partial charge in [0.2, 0.25) is 0 Å². The normalized spacial score (nSPS) is 18.4. The highest BCUT2D eigenvalue weighted by molar-refractivity contribution is 8.14. The maximum atomic E-state index is 4.38. The molecule has 2 N–H and O–H groups in total. The van der Waals surface area contributed by atoms with Crippen molar-refractivity contribution >= 4 is 45.2 Å². The van der Waals surface area contributed by atoms with Crippen LogP contribution in [0.25, 0.3) is 0 Å².